The standard InChI is InChI=1S/C5H7N/c1-6-4-2-3-5-6/h2-5H,1H3/i4D. The number of aryl methyl sites for hydroxylation is 1. The van der Waals surface area contributed by atoms with Crippen molar-refractivity contribution in [3.05, 3.63) is 24.5 Å². The summed E-state index contributed by atoms with van der Waals surface area (Å²) < 4.78 is 8.81. The Morgan fingerprint density at radius 1 is 1.67 bits per heavy atom. The summed E-state index contributed by atoms with van der Waals surface area (Å²) in [6.07, 6.45) is 2.41. The summed E-state index contributed by atoms with van der Waals surface area (Å²) in [5.74, 6) is 0. The van der Waals surface area contributed by atoms with E-state index < -0.39 is 0 Å². The van der Waals surface area contributed by atoms with Gasteiger partial charge in [-0.3, -0.25) is 0 Å². The fraction of sp³-hybridized carbons (Fsp3) is 0.200. The molecule has 0 atom stereocenters. The van der Waals surface area contributed by atoms with Gasteiger partial charge in [-0.15, -0.1) is 0 Å². The number of rotatable bonds is 0. The molecule has 0 N–H and O–H groups in total. The van der Waals surface area contributed by atoms with Crippen LogP contribution in [0.1, 0.15) is 1.37 Å². The van der Waals surface area contributed by atoms with Gasteiger partial charge in [-0.25, -0.2) is 0 Å². The molecule has 0 unspecified atom stereocenters. The lowest BCUT2D eigenvalue weighted by atomic mass is 10.7. The minimum atomic E-state index is 0.556. The average molecular weight is 82.1 g/mol. The first-order valence-corrected chi connectivity index (χ1v) is 1.88. The fourth-order valence-corrected chi connectivity index (χ4v) is 0.376. The van der Waals surface area contributed by atoms with E-state index in [2.05, 4.69) is 0 Å². The predicted molar refractivity (Wildman–Crippen MR) is 25.4 cm³/mol. The van der Waals surface area contributed by atoms with E-state index in [1.54, 1.807) is 10.6 Å². The number of nitrogens with zero attached hydrogens (tertiary/aromatic N) is 1. The van der Waals surface area contributed by atoms with Crippen LogP contribution in [0.3, 0.4) is 0 Å². The Kier molecular flexibility index (Phi) is 0.477. The van der Waals surface area contributed by atoms with Crippen LogP contribution in [0.4, 0.5) is 0 Å². The second-order valence-corrected chi connectivity index (χ2v) is 1.25. The highest BCUT2D eigenvalue weighted by Gasteiger charge is 1.68. The summed E-state index contributed by atoms with van der Waals surface area (Å²) in [5, 5.41) is 0. The van der Waals surface area contributed by atoms with Crippen LogP contribution in [0.5, 0.6) is 0 Å². The third-order valence-electron chi connectivity index (χ3n) is 0.684. The van der Waals surface area contributed by atoms with E-state index in [9.17, 15) is 0 Å². The van der Waals surface area contributed by atoms with E-state index in [-0.39, 0.29) is 0 Å². The van der Waals surface area contributed by atoms with Crippen LogP contribution in [0, 0.1) is 0 Å². The molecule has 0 bridgehead atoms. The molecule has 0 saturated heterocycles. The van der Waals surface area contributed by atoms with E-state index in [4.69, 9.17) is 1.37 Å². The Morgan fingerprint density at radius 2 is 2.50 bits per heavy atom. The van der Waals surface area contributed by atoms with E-state index in [1.165, 1.54) is 0 Å². The van der Waals surface area contributed by atoms with Crippen LogP contribution in [0.25, 0.3) is 0 Å². The molecule has 0 saturated carbocycles. The molecular weight excluding hydrogens is 74.1 g/mol. The molecule has 0 fully saturated rings. The van der Waals surface area contributed by atoms with E-state index in [0.717, 1.165) is 0 Å². The molecule has 0 aliphatic heterocycles. The number of hydrogen-bond donors (Lipinski definition) is 0. The first kappa shape index (κ1) is 2.45. The van der Waals surface area contributed by atoms with Crippen LogP contribution < -0.4 is 0 Å². The van der Waals surface area contributed by atoms with Gasteiger partial charge in [-0.05, 0) is 12.1 Å². The zero-order valence-corrected chi connectivity index (χ0v) is 3.68. The highest BCUT2D eigenvalue weighted by Crippen LogP contribution is 1.80. The smallest absolute Gasteiger partial charge is 0.0818 e. The van der Waals surface area contributed by atoms with Crippen molar-refractivity contribution in [2.45, 2.75) is 0 Å². The summed E-state index contributed by atoms with van der Waals surface area (Å²) in [5.41, 5.74) is 0. The van der Waals surface area contributed by atoms with Crippen molar-refractivity contribution in [3.63, 3.8) is 0 Å². The van der Waals surface area contributed by atoms with Gasteiger partial charge in [0.2, 0.25) is 0 Å². The zero-order chi connectivity index (χ0) is 5.28. The van der Waals surface area contributed by atoms with Crippen molar-refractivity contribution >= 4 is 0 Å². The van der Waals surface area contributed by atoms with Crippen LogP contribution in [0.15, 0.2) is 24.5 Å². The predicted octanol–water partition coefficient (Wildman–Crippen LogP) is 1.03. The van der Waals surface area contributed by atoms with E-state index >= 15 is 0 Å². The van der Waals surface area contributed by atoms with Gasteiger partial charge in [0.15, 0.2) is 0 Å². The van der Waals surface area contributed by atoms with Crippen LogP contribution >= 0.6 is 0 Å². The van der Waals surface area contributed by atoms with Gasteiger partial charge in [0.25, 0.3) is 0 Å². The summed E-state index contributed by atoms with van der Waals surface area (Å²) in [7, 11) is 1.85. The first-order valence-electron chi connectivity index (χ1n) is 2.38. The van der Waals surface area contributed by atoms with Crippen molar-refractivity contribution < 1.29 is 1.37 Å². The van der Waals surface area contributed by atoms with Gasteiger partial charge >= 0.3 is 0 Å². The Bertz CT molecular complexity index is 140. The molecule has 0 aromatic carbocycles. The topological polar surface area (TPSA) is 4.93 Å². The Balaban J connectivity index is 3.12. The second-order valence-electron chi connectivity index (χ2n) is 1.25. The monoisotopic (exact) mass is 82.1 g/mol. The van der Waals surface area contributed by atoms with Gasteiger partial charge in [-0.1, -0.05) is 0 Å². The van der Waals surface area contributed by atoms with E-state index in [1.807, 2.05) is 19.3 Å². The molecule has 0 spiro atoms. The molecule has 0 aliphatic carbocycles. The fourth-order valence-electron chi connectivity index (χ4n) is 0.376. The van der Waals surface area contributed by atoms with Gasteiger partial charge < -0.3 is 4.57 Å². The highest BCUT2D eigenvalue weighted by atomic mass is 14.9. The Morgan fingerprint density at radius 3 is 2.67 bits per heavy atom. The maximum absolute atomic E-state index is 7.06. The third kappa shape index (κ3) is 0.432. The van der Waals surface area contributed by atoms with Gasteiger partial charge in [0.05, 0.1) is 1.37 Å². The molecule has 6 heavy (non-hydrogen) atoms. The van der Waals surface area contributed by atoms with Crippen molar-refractivity contribution in [1.82, 2.24) is 4.57 Å². The van der Waals surface area contributed by atoms with Crippen LogP contribution in [-0.2, 0) is 7.05 Å². The molecule has 32 valence electrons. The van der Waals surface area contributed by atoms with Crippen LogP contribution in [-0.4, -0.2) is 4.57 Å². The molecule has 1 rings (SSSR count). The maximum atomic E-state index is 7.06. The van der Waals surface area contributed by atoms with Crippen molar-refractivity contribution in [1.29, 1.82) is 0 Å². The molecular formula is C5H7N. The molecule has 1 aromatic rings. The van der Waals surface area contributed by atoms with Crippen molar-refractivity contribution in [3.8, 4) is 0 Å². The largest absolute Gasteiger partial charge is 0.357 e. The van der Waals surface area contributed by atoms with Gasteiger partial charge in [-0.2, -0.15) is 0 Å². The summed E-state index contributed by atoms with van der Waals surface area (Å²) in [4.78, 5) is 0. The summed E-state index contributed by atoms with van der Waals surface area (Å²) >= 11 is 0. The second kappa shape index (κ2) is 1.17. The highest BCUT2D eigenvalue weighted by molar-refractivity contribution is 4.88. The molecule has 1 heteroatoms. The minimum absolute atomic E-state index is 0.556. The Hall–Kier alpha value is -0.720. The van der Waals surface area contributed by atoms with Gasteiger partial charge in [0.1, 0.15) is 0 Å². The first-order chi connectivity index (χ1) is 3.30. The van der Waals surface area contributed by atoms with Gasteiger partial charge in [0, 0.05) is 19.4 Å². The molecule has 1 aromatic heterocycles. The molecule has 1 nitrogen and oxygen atoms in total. The lowest BCUT2D eigenvalue weighted by Crippen LogP contribution is -1.75. The lowest BCUT2D eigenvalue weighted by molar-refractivity contribution is 0.928. The normalized spacial score (nSPS) is 11.2. The lowest BCUT2D eigenvalue weighted by Gasteiger charge is -1.79. The number of aromatic nitrogens is 1. The molecule has 0 amide bonds. The SMILES string of the molecule is [2H]c1cccn1C. The zero-order valence-electron chi connectivity index (χ0n) is 4.68. The average Bonchev–Trinajstić information content (AvgIpc) is 1.91. The number of hydrogen-bond acceptors (Lipinski definition) is 0. The third-order valence-corrected chi connectivity index (χ3v) is 0.684. The van der Waals surface area contributed by atoms with E-state index in [0.29, 0.717) is 6.17 Å². The maximum Gasteiger partial charge on any atom is 0.0818 e. The molecule has 0 aliphatic rings. The van der Waals surface area contributed by atoms with Crippen molar-refractivity contribution in [2.75, 3.05) is 0 Å². The minimum Gasteiger partial charge on any atom is -0.357 e. The quantitative estimate of drug-likeness (QED) is 0.440. The summed E-state index contributed by atoms with van der Waals surface area (Å²) in [6, 6.07) is 3.60. The molecule has 1 heterocycles. The van der Waals surface area contributed by atoms with Crippen LogP contribution in [0.2, 0.25) is 0 Å². The Labute approximate surface area is 38.6 Å². The van der Waals surface area contributed by atoms with Crippen molar-refractivity contribution in [2.24, 2.45) is 7.05 Å². The molecule has 0 radical (unpaired) electrons. The summed E-state index contributed by atoms with van der Waals surface area (Å²) in [6.45, 7) is 0.